The van der Waals surface area contributed by atoms with E-state index in [1.807, 2.05) is 4.90 Å². The van der Waals surface area contributed by atoms with Crippen LogP contribution in [0.3, 0.4) is 0 Å². The Bertz CT molecular complexity index is 815. The molecule has 0 radical (unpaired) electrons. The predicted molar refractivity (Wildman–Crippen MR) is 92.5 cm³/mol. The van der Waals surface area contributed by atoms with Crippen molar-refractivity contribution in [2.24, 2.45) is 5.92 Å². The van der Waals surface area contributed by atoms with E-state index in [0.717, 1.165) is 6.07 Å². The smallest absolute Gasteiger partial charge is 0.318 e. The van der Waals surface area contributed by atoms with Crippen molar-refractivity contribution in [1.82, 2.24) is 20.6 Å². The number of rotatable bonds is 3. The van der Waals surface area contributed by atoms with E-state index in [4.69, 9.17) is 4.42 Å². The van der Waals surface area contributed by atoms with E-state index in [9.17, 15) is 13.6 Å². The van der Waals surface area contributed by atoms with Gasteiger partial charge in [-0.3, -0.25) is 9.80 Å². The number of nitrogens with zero attached hydrogens (tertiary/aromatic N) is 4. The van der Waals surface area contributed by atoms with Crippen LogP contribution < -0.4 is 10.3 Å². The van der Waals surface area contributed by atoms with Crippen LogP contribution in [-0.2, 0) is 4.79 Å². The van der Waals surface area contributed by atoms with Crippen LogP contribution in [-0.4, -0.2) is 40.7 Å². The lowest BCUT2D eigenvalue weighted by molar-refractivity contribution is -0.140. The number of amides is 1. The van der Waals surface area contributed by atoms with E-state index in [-0.39, 0.29) is 17.9 Å². The Labute approximate surface area is 155 Å². The Kier molecular flexibility index (Phi) is 4.77. The third-order valence-electron chi connectivity index (χ3n) is 5.15. The fourth-order valence-electron chi connectivity index (χ4n) is 3.80. The van der Waals surface area contributed by atoms with Gasteiger partial charge in [-0.05, 0) is 37.0 Å². The van der Waals surface area contributed by atoms with Crippen LogP contribution in [0.15, 0.2) is 22.6 Å². The van der Waals surface area contributed by atoms with Gasteiger partial charge in [0, 0.05) is 38.5 Å². The zero-order chi connectivity index (χ0) is 19.0. The first-order chi connectivity index (χ1) is 13.0. The predicted octanol–water partition coefficient (Wildman–Crippen LogP) is 2.35. The number of carbonyl (C=O) groups excluding carboxylic acids is 1. The number of piperidine rings is 1. The van der Waals surface area contributed by atoms with E-state index in [2.05, 4.69) is 15.6 Å². The van der Waals surface area contributed by atoms with Gasteiger partial charge in [-0.25, -0.2) is 14.2 Å². The van der Waals surface area contributed by atoms with E-state index in [0.29, 0.717) is 56.4 Å². The number of anilines is 1. The average molecular weight is 377 g/mol. The summed E-state index contributed by atoms with van der Waals surface area (Å²) in [5.74, 6) is -0.949. The largest absolute Gasteiger partial charge is 0.408 e. The molecule has 1 aromatic heterocycles. The van der Waals surface area contributed by atoms with Gasteiger partial charge in [-0.1, -0.05) is 5.10 Å². The van der Waals surface area contributed by atoms with Crippen LogP contribution >= 0.6 is 0 Å². The van der Waals surface area contributed by atoms with Gasteiger partial charge in [-0.15, -0.1) is 5.10 Å². The average Bonchev–Trinajstić information content (AvgIpc) is 3.29. The number of carbonyl (C=O) groups is 1. The first-order valence-corrected chi connectivity index (χ1v) is 9.09. The van der Waals surface area contributed by atoms with Crippen LogP contribution in [0.4, 0.5) is 14.8 Å². The molecule has 1 N–H and O–H groups in total. The Morgan fingerprint density at radius 1 is 1.15 bits per heavy atom. The van der Waals surface area contributed by atoms with Crippen molar-refractivity contribution in [1.29, 1.82) is 0 Å². The number of hydrogen-bond acceptors (Lipinski definition) is 6. The lowest BCUT2D eigenvalue weighted by atomic mass is 9.94. The van der Waals surface area contributed by atoms with Crippen molar-refractivity contribution in [2.75, 3.05) is 24.5 Å². The highest BCUT2D eigenvalue weighted by atomic mass is 19.1. The maximum atomic E-state index is 13.6. The van der Waals surface area contributed by atoms with Gasteiger partial charge in [0.25, 0.3) is 0 Å². The lowest BCUT2D eigenvalue weighted by Crippen LogP contribution is -2.46. The number of aryl methyl sites for hydroxylation is 1. The quantitative estimate of drug-likeness (QED) is 0.885. The molecule has 27 heavy (non-hydrogen) atoms. The minimum Gasteiger partial charge on any atom is -0.408 e. The summed E-state index contributed by atoms with van der Waals surface area (Å²) in [6.07, 6.45) is 1.93. The highest BCUT2D eigenvalue weighted by Gasteiger charge is 2.36. The molecule has 2 aromatic rings. The topological polar surface area (TPSA) is 74.5 Å². The monoisotopic (exact) mass is 377 g/mol. The summed E-state index contributed by atoms with van der Waals surface area (Å²) in [6, 6.07) is 3.54. The van der Waals surface area contributed by atoms with Gasteiger partial charge < -0.3 is 9.32 Å². The van der Waals surface area contributed by atoms with Gasteiger partial charge in [0.2, 0.25) is 11.8 Å². The Morgan fingerprint density at radius 2 is 1.85 bits per heavy atom. The van der Waals surface area contributed by atoms with Crippen LogP contribution in [0.2, 0.25) is 0 Å². The molecular formula is C18H21F2N5O2. The summed E-state index contributed by atoms with van der Waals surface area (Å²) in [5, 5.41) is 9.39. The summed E-state index contributed by atoms with van der Waals surface area (Å²) in [6.45, 7) is 3.62. The summed E-state index contributed by atoms with van der Waals surface area (Å²) >= 11 is 0. The van der Waals surface area contributed by atoms with Gasteiger partial charge in [0.05, 0.1) is 6.04 Å². The molecule has 1 aromatic carbocycles. The Morgan fingerprint density at radius 3 is 2.48 bits per heavy atom. The number of hydrazine groups is 1. The molecule has 4 rings (SSSR count). The van der Waals surface area contributed by atoms with Crippen molar-refractivity contribution in [3.63, 3.8) is 0 Å². The third-order valence-corrected chi connectivity index (χ3v) is 5.15. The maximum Gasteiger partial charge on any atom is 0.318 e. The second-order valence-corrected chi connectivity index (χ2v) is 6.99. The van der Waals surface area contributed by atoms with Crippen LogP contribution in [0.1, 0.15) is 36.8 Å². The molecule has 0 spiro atoms. The maximum absolute atomic E-state index is 13.6. The molecule has 2 fully saturated rings. The summed E-state index contributed by atoms with van der Waals surface area (Å²) in [5.41, 5.74) is 3.55. The van der Waals surface area contributed by atoms with Gasteiger partial charge in [0.1, 0.15) is 11.6 Å². The van der Waals surface area contributed by atoms with Gasteiger partial charge in [0.15, 0.2) is 0 Å². The number of halogens is 2. The molecule has 0 bridgehead atoms. The minimum atomic E-state index is -0.632. The normalized spacial score (nSPS) is 21.1. The first kappa shape index (κ1) is 17.8. The molecular weight excluding hydrogens is 356 g/mol. The standard InChI is InChI=1S/C18H21F2N5O2/c1-11-22-23-18(27-11)24-6-3-12(4-7-24)17(26)25-16(2-5-21-25)13-8-14(19)10-15(20)9-13/h8-10,12,16,21H,2-7H2,1H3/t16-/m0/s1. The number of aromatic nitrogens is 2. The summed E-state index contributed by atoms with van der Waals surface area (Å²) in [7, 11) is 0. The molecule has 1 amide bonds. The molecule has 3 heterocycles. The fourth-order valence-corrected chi connectivity index (χ4v) is 3.80. The van der Waals surface area contributed by atoms with Crippen molar-refractivity contribution < 1.29 is 18.0 Å². The molecule has 0 saturated carbocycles. The molecule has 144 valence electrons. The van der Waals surface area contributed by atoms with Crippen molar-refractivity contribution >= 4 is 11.9 Å². The molecule has 9 heteroatoms. The third kappa shape index (κ3) is 3.64. The second kappa shape index (κ2) is 7.22. The van der Waals surface area contributed by atoms with Crippen LogP contribution in [0.5, 0.6) is 0 Å². The van der Waals surface area contributed by atoms with Crippen LogP contribution in [0.25, 0.3) is 0 Å². The molecule has 2 aliphatic heterocycles. The van der Waals surface area contributed by atoms with Gasteiger partial charge >= 0.3 is 6.01 Å². The van der Waals surface area contributed by atoms with E-state index >= 15 is 0 Å². The zero-order valence-corrected chi connectivity index (χ0v) is 15.0. The molecule has 7 nitrogen and oxygen atoms in total. The van der Waals surface area contributed by atoms with E-state index < -0.39 is 11.6 Å². The highest BCUT2D eigenvalue weighted by Crippen LogP contribution is 2.32. The van der Waals surface area contributed by atoms with Crippen molar-refractivity contribution in [3.05, 3.63) is 41.3 Å². The van der Waals surface area contributed by atoms with Crippen LogP contribution in [0, 0.1) is 24.5 Å². The molecule has 2 aliphatic rings. The van der Waals surface area contributed by atoms with Crippen molar-refractivity contribution in [3.8, 4) is 0 Å². The Hall–Kier alpha value is -2.55. The van der Waals surface area contributed by atoms with E-state index in [1.165, 1.54) is 12.1 Å². The summed E-state index contributed by atoms with van der Waals surface area (Å²) < 4.78 is 32.6. The molecule has 2 saturated heterocycles. The minimum absolute atomic E-state index is 0.0384. The number of benzene rings is 1. The zero-order valence-electron chi connectivity index (χ0n) is 15.0. The molecule has 0 aliphatic carbocycles. The molecule has 1 atom stereocenters. The number of hydrogen-bond donors (Lipinski definition) is 1. The second-order valence-electron chi connectivity index (χ2n) is 6.99. The number of nitrogens with one attached hydrogen (secondary N) is 1. The highest BCUT2D eigenvalue weighted by molar-refractivity contribution is 5.79. The molecule has 0 unspecified atom stereocenters. The first-order valence-electron chi connectivity index (χ1n) is 9.09. The lowest BCUT2D eigenvalue weighted by Gasteiger charge is -2.34. The van der Waals surface area contributed by atoms with Gasteiger partial charge in [-0.2, -0.15) is 0 Å². The summed E-state index contributed by atoms with van der Waals surface area (Å²) in [4.78, 5) is 15.0. The fraction of sp³-hybridized carbons (Fsp3) is 0.500. The SMILES string of the molecule is Cc1nnc(N2CCC(C(=O)N3NCC[C@H]3c3cc(F)cc(F)c3)CC2)o1. The van der Waals surface area contributed by atoms with E-state index in [1.54, 1.807) is 11.9 Å². The van der Waals surface area contributed by atoms with Crippen molar-refractivity contribution in [2.45, 2.75) is 32.2 Å². The Balaban J connectivity index is 1.43.